The highest BCUT2D eigenvalue weighted by Gasteiger charge is 2.49. The van der Waals surface area contributed by atoms with Crippen molar-refractivity contribution >= 4 is 0 Å². The highest BCUT2D eigenvalue weighted by molar-refractivity contribution is 5.15. The average Bonchev–Trinajstić information content (AvgIpc) is 3.08. The van der Waals surface area contributed by atoms with E-state index in [1.165, 1.54) is 18.4 Å². The second kappa shape index (κ2) is 8.63. The Bertz CT molecular complexity index is 332. The van der Waals surface area contributed by atoms with Crippen LogP contribution >= 0.6 is 0 Å². The van der Waals surface area contributed by atoms with Crippen LogP contribution in [0, 0.1) is 5.92 Å². The molecule has 1 saturated heterocycles. The molecule has 3 atom stereocenters. The van der Waals surface area contributed by atoms with Crippen LogP contribution in [0.3, 0.4) is 0 Å². The van der Waals surface area contributed by atoms with E-state index >= 15 is 0 Å². The van der Waals surface area contributed by atoms with Crippen LogP contribution in [0.25, 0.3) is 0 Å². The second-order valence-corrected chi connectivity index (χ2v) is 6.20. The molecule has 0 aliphatic carbocycles. The third-order valence-corrected chi connectivity index (χ3v) is 4.31. The maximum absolute atomic E-state index is 5.76. The molecule has 0 bridgehead atoms. The van der Waals surface area contributed by atoms with Gasteiger partial charge in [-0.25, -0.2) is 0 Å². The topological polar surface area (TPSA) is 21.8 Å². The van der Waals surface area contributed by atoms with Crippen LogP contribution in [0.5, 0.6) is 0 Å². The van der Waals surface area contributed by atoms with Gasteiger partial charge in [0.1, 0.15) is 0 Å². The van der Waals surface area contributed by atoms with E-state index in [-0.39, 0.29) is 5.60 Å². The van der Waals surface area contributed by atoms with Crippen LogP contribution in [-0.4, -0.2) is 24.9 Å². The summed E-state index contributed by atoms with van der Waals surface area (Å²) in [7, 11) is 0. The van der Waals surface area contributed by atoms with Crippen molar-refractivity contribution in [2.75, 3.05) is 13.2 Å². The molecule has 2 heteroatoms. The number of ether oxygens (including phenoxy) is 2. The Hall–Kier alpha value is -0.600. The summed E-state index contributed by atoms with van der Waals surface area (Å²) in [4.78, 5) is 0. The lowest BCUT2D eigenvalue weighted by Gasteiger charge is -2.08. The lowest BCUT2D eigenvalue weighted by molar-refractivity contribution is 0.177. The molecule has 1 fully saturated rings. The Kier molecular flexibility index (Phi) is 7.53. The van der Waals surface area contributed by atoms with Gasteiger partial charge in [0, 0.05) is 6.61 Å². The summed E-state index contributed by atoms with van der Waals surface area (Å²) in [5, 5.41) is 0. The first-order valence-corrected chi connectivity index (χ1v) is 8.10. The Morgan fingerprint density at radius 2 is 2.15 bits per heavy atom. The normalized spacial score (nSPS) is 28.1. The molecule has 0 radical (unpaired) electrons. The molecule has 1 aliphatic rings. The fourth-order valence-corrected chi connectivity index (χ4v) is 2.38. The van der Waals surface area contributed by atoms with Crippen molar-refractivity contribution in [3.8, 4) is 0 Å². The molecule has 1 aliphatic heterocycles. The van der Waals surface area contributed by atoms with Crippen molar-refractivity contribution in [2.45, 2.75) is 72.0 Å². The van der Waals surface area contributed by atoms with E-state index in [0.29, 0.717) is 6.10 Å². The van der Waals surface area contributed by atoms with Gasteiger partial charge in [-0.3, -0.25) is 0 Å². The molecule has 0 aromatic carbocycles. The molecular weight excluding hydrogens is 248 g/mol. The number of rotatable bonds is 10. The van der Waals surface area contributed by atoms with Gasteiger partial charge in [-0.2, -0.15) is 0 Å². The first-order valence-electron chi connectivity index (χ1n) is 8.10. The Balaban J connectivity index is 2.13. The van der Waals surface area contributed by atoms with Crippen LogP contribution in [0.4, 0.5) is 0 Å². The summed E-state index contributed by atoms with van der Waals surface area (Å²) < 4.78 is 11.1. The molecule has 20 heavy (non-hydrogen) atoms. The minimum absolute atomic E-state index is 0.189. The van der Waals surface area contributed by atoms with Crippen LogP contribution < -0.4 is 0 Å². The van der Waals surface area contributed by atoms with E-state index in [1.54, 1.807) is 0 Å². The molecule has 1 heterocycles. The summed E-state index contributed by atoms with van der Waals surface area (Å²) in [5.74, 6) is 0.733. The number of hydrogen-bond acceptors (Lipinski definition) is 2. The molecule has 3 unspecified atom stereocenters. The van der Waals surface area contributed by atoms with E-state index in [2.05, 4.69) is 45.9 Å². The van der Waals surface area contributed by atoms with Gasteiger partial charge >= 0.3 is 0 Å². The predicted molar refractivity (Wildman–Crippen MR) is 86.0 cm³/mol. The van der Waals surface area contributed by atoms with Gasteiger partial charge in [0.05, 0.1) is 18.3 Å². The van der Waals surface area contributed by atoms with Crippen LogP contribution in [-0.2, 0) is 9.47 Å². The van der Waals surface area contributed by atoms with Gasteiger partial charge in [-0.1, -0.05) is 37.6 Å². The standard InChI is InChI=1S/C18H32O2/c1-6-18(5)17(20-18)12-11-15(3)9-8-10-16(4)13-14-19-7-2/h8,10,13,15,17H,6-7,9,11-12,14H2,1-5H3/b10-8+,16-13+. The monoisotopic (exact) mass is 280 g/mol. The molecule has 0 saturated carbocycles. The molecule has 0 spiro atoms. The molecule has 0 aromatic heterocycles. The highest BCUT2D eigenvalue weighted by Crippen LogP contribution is 2.42. The molecule has 2 nitrogen and oxygen atoms in total. The van der Waals surface area contributed by atoms with Crippen molar-refractivity contribution in [3.63, 3.8) is 0 Å². The van der Waals surface area contributed by atoms with E-state index in [1.807, 2.05) is 6.92 Å². The first kappa shape index (κ1) is 17.5. The summed E-state index contributed by atoms with van der Waals surface area (Å²) in [6, 6.07) is 0. The zero-order chi connectivity index (χ0) is 15.0. The summed E-state index contributed by atoms with van der Waals surface area (Å²) in [5.41, 5.74) is 1.48. The molecule has 0 aromatic rings. The highest BCUT2D eigenvalue weighted by atomic mass is 16.6. The largest absolute Gasteiger partial charge is 0.378 e. The molecule has 116 valence electrons. The van der Waals surface area contributed by atoms with Gasteiger partial charge in [0.25, 0.3) is 0 Å². The van der Waals surface area contributed by atoms with E-state index in [0.717, 1.165) is 32.0 Å². The number of allylic oxidation sites excluding steroid dienone is 3. The minimum Gasteiger partial charge on any atom is -0.378 e. The lowest BCUT2D eigenvalue weighted by Crippen LogP contribution is -2.08. The van der Waals surface area contributed by atoms with Crippen molar-refractivity contribution < 1.29 is 9.47 Å². The maximum atomic E-state index is 5.76. The SMILES string of the molecule is CCOC/C=C(C)/C=C/CC(C)CCC1OC1(C)CC. The Morgan fingerprint density at radius 3 is 2.75 bits per heavy atom. The van der Waals surface area contributed by atoms with E-state index < -0.39 is 0 Å². The third-order valence-electron chi connectivity index (χ3n) is 4.31. The molecule has 1 rings (SSSR count). The van der Waals surface area contributed by atoms with Crippen molar-refractivity contribution in [3.05, 3.63) is 23.8 Å². The molecule has 0 N–H and O–H groups in total. The smallest absolute Gasteiger partial charge is 0.0917 e. The van der Waals surface area contributed by atoms with Gasteiger partial charge in [-0.15, -0.1) is 0 Å². The van der Waals surface area contributed by atoms with Gasteiger partial charge in [0.15, 0.2) is 0 Å². The van der Waals surface area contributed by atoms with Crippen molar-refractivity contribution in [1.29, 1.82) is 0 Å². The maximum Gasteiger partial charge on any atom is 0.0917 e. The Labute approximate surface area is 125 Å². The number of hydrogen-bond donors (Lipinski definition) is 0. The summed E-state index contributed by atoms with van der Waals surface area (Å²) in [6.45, 7) is 12.4. The van der Waals surface area contributed by atoms with Crippen LogP contribution in [0.15, 0.2) is 23.8 Å². The zero-order valence-corrected chi connectivity index (χ0v) is 13.9. The van der Waals surface area contributed by atoms with Crippen LogP contribution in [0.1, 0.15) is 60.3 Å². The molecular formula is C18H32O2. The Morgan fingerprint density at radius 1 is 1.40 bits per heavy atom. The quantitative estimate of drug-likeness (QED) is 0.322. The molecule has 0 amide bonds. The van der Waals surface area contributed by atoms with Crippen LogP contribution in [0.2, 0.25) is 0 Å². The van der Waals surface area contributed by atoms with Crippen molar-refractivity contribution in [2.24, 2.45) is 5.92 Å². The zero-order valence-electron chi connectivity index (χ0n) is 13.9. The van der Waals surface area contributed by atoms with E-state index in [4.69, 9.17) is 9.47 Å². The first-order chi connectivity index (χ1) is 9.51. The van der Waals surface area contributed by atoms with Gasteiger partial charge < -0.3 is 9.47 Å². The van der Waals surface area contributed by atoms with Crippen molar-refractivity contribution in [1.82, 2.24) is 0 Å². The number of epoxide rings is 1. The fraction of sp³-hybridized carbons (Fsp3) is 0.778. The predicted octanol–water partition coefficient (Wildman–Crippen LogP) is 4.90. The van der Waals surface area contributed by atoms with Gasteiger partial charge in [-0.05, 0) is 52.4 Å². The minimum atomic E-state index is 0.189. The summed E-state index contributed by atoms with van der Waals surface area (Å²) >= 11 is 0. The second-order valence-electron chi connectivity index (χ2n) is 6.20. The van der Waals surface area contributed by atoms with E-state index in [9.17, 15) is 0 Å². The third kappa shape index (κ3) is 6.23. The lowest BCUT2D eigenvalue weighted by atomic mass is 9.95. The fourth-order valence-electron chi connectivity index (χ4n) is 2.38. The van der Waals surface area contributed by atoms with Gasteiger partial charge in [0.2, 0.25) is 0 Å². The summed E-state index contributed by atoms with van der Waals surface area (Å²) in [6.07, 6.45) is 11.9. The average molecular weight is 280 g/mol.